The molecule has 1 aliphatic heterocycles. The average molecular weight is 282 g/mol. The van der Waals surface area contributed by atoms with Crippen molar-refractivity contribution in [2.45, 2.75) is 78.9 Å². The minimum Gasteiger partial charge on any atom is -0.342 e. The van der Waals surface area contributed by atoms with Gasteiger partial charge in [0.05, 0.1) is 0 Å². The predicted molar refractivity (Wildman–Crippen MR) is 81.2 cm³/mol. The Morgan fingerprint density at radius 1 is 1.10 bits per heavy atom. The minimum atomic E-state index is -0.372. The lowest BCUT2D eigenvalue weighted by Crippen LogP contribution is -2.68. The van der Waals surface area contributed by atoms with Crippen molar-refractivity contribution in [3.8, 4) is 0 Å². The Kier molecular flexibility index (Phi) is 6.03. The Morgan fingerprint density at radius 2 is 1.70 bits per heavy atom. The van der Waals surface area contributed by atoms with Crippen LogP contribution in [0.2, 0.25) is 0 Å². The molecule has 0 aliphatic carbocycles. The molecule has 116 valence electrons. The second-order valence-electron chi connectivity index (χ2n) is 6.52. The van der Waals surface area contributed by atoms with Crippen LogP contribution in [0.25, 0.3) is 0 Å². The Bertz CT molecular complexity index is 352. The molecule has 0 saturated carbocycles. The van der Waals surface area contributed by atoms with Gasteiger partial charge in [0, 0.05) is 6.04 Å². The van der Waals surface area contributed by atoms with Gasteiger partial charge in [-0.3, -0.25) is 9.59 Å². The molecule has 1 aliphatic rings. The molecule has 1 saturated heterocycles. The summed E-state index contributed by atoms with van der Waals surface area (Å²) in [5, 5.41) is 2.92. The van der Waals surface area contributed by atoms with Crippen molar-refractivity contribution < 1.29 is 9.59 Å². The van der Waals surface area contributed by atoms with Gasteiger partial charge in [0.15, 0.2) is 0 Å². The van der Waals surface area contributed by atoms with Crippen molar-refractivity contribution in [2.75, 3.05) is 0 Å². The number of hydrogen-bond acceptors (Lipinski definition) is 2. The molecule has 0 aromatic heterocycles. The third-order valence-electron chi connectivity index (χ3n) is 4.17. The van der Waals surface area contributed by atoms with E-state index in [1.54, 1.807) is 0 Å². The Balaban J connectivity index is 3.13. The zero-order chi connectivity index (χ0) is 15.4. The summed E-state index contributed by atoms with van der Waals surface area (Å²) in [5.74, 6) is 0.366. The third kappa shape index (κ3) is 3.33. The van der Waals surface area contributed by atoms with E-state index in [4.69, 9.17) is 0 Å². The molecule has 4 heteroatoms. The number of nitrogens with zero attached hydrogens (tertiary/aromatic N) is 1. The Morgan fingerprint density at radius 3 is 2.10 bits per heavy atom. The first-order valence-corrected chi connectivity index (χ1v) is 7.97. The number of rotatable bonds is 6. The molecular weight excluding hydrogens is 252 g/mol. The van der Waals surface area contributed by atoms with Gasteiger partial charge in [-0.1, -0.05) is 48.0 Å². The summed E-state index contributed by atoms with van der Waals surface area (Å²) in [5.41, 5.74) is 0. The summed E-state index contributed by atoms with van der Waals surface area (Å²) in [4.78, 5) is 27.1. The molecule has 1 fully saturated rings. The van der Waals surface area contributed by atoms with Crippen molar-refractivity contribution in [2.24, 2.45) is 11.8 Å². The van der Waals surface area contributed by atoms with Gasteiger partial charge in [-0.05, 0) is 24.7 Å². The van der Waals surface area contributed by atoms with Gasteiger partial charge in [-0.25, -0.2) is 0 Å². The summed E-state index contributed by atoms with van der Waals surface area (Å²) >= 11 is 0. The lowest BCUT2D eigenvalue weighted by Gasteiger charge is -2.45. The fourth-order valence-corrected chi connectivity index (χ4v) is 3.08. The highest BCUT2D eigenvalue weighted by atomic mass is 16.2. The van der Waals surface area contributed by atoms with Gasteiger partial charge >= 0.3 is 0 Å². The van der Waals surface area contributed by atoms with Crippen LogP contribution in [-0.4, -0.2) is 34.8 Å². The van der Waals surface area contributed by atoms with Crippen LogP contribution in [0.15, 0.2) is 0 Å². The van der Waals surface area contributed by atoms with Gasteiger partial charge < -0.3 is 10.2 Å². The van der Waals surface area contributed by atoms with Crippen molar-refractivity contribution in [1.29, 1.82) is 0 Å². The van der Waals surface area contributed by atoms with Gasteiger partial charge in [0.1, 0.15) is 12.1 Å². The first-order valence-electron chi connectivity index (χ1n) is 7.97. The third-order valence-corrected chi connectivity index (χ3v) is 4.17. The van der Waals surface area contributed by atoms with Gasteiger partial charge in [-0.15, -0.1) is 0 Å². The summed E-state index contributed by atoms with van der Waals surface area (Å²) < 4.78 is 0. The molecule has 20 heavy (non-hydrogen) atoms. The molecule has 4 nitrogen and oxygen atoms in total. The topological polar surface area (TPSA) is 49.4 Å². The second kappa shape index (κ2) is 7.09. The number of carbonyl (C=O) groups is 2. The highest BCUT2D eigenvalue weighted by Gasteiger charge is 2.45. The lowest BCUT2D eigenvalue weighted by molar-refractivity contribution is -0.155. The second-order valence-corrected chi connectivity index (χ2v) is 6.52. The number of hydrogen-bond donors (Lipinski definition) is 1. The first-order chi connectivity index (χ1) is 9.34. The molecule has 1 N–H and O–H groups in total. The van der Waals surface area contributed by atoms with Crippen molar-refractivity contribution >= 4 is 11.8 Å². The van der Waals surface area contributed by atoms with Crippen molar-refractivity contribution in [1.82, 2.24) is 10.2 Å². The summed E-state index contributed by atoms with van der Waals surface area (Å²) in [6.45, 7) is 12.2. The van der Waals surface area contributed by atoms with E-state index in [1.165, 1.54) is 0 Å². The molecular formula is C16H30N2O2. The Labute approximate surface area is 123 Å². The van der Waals surface area contributed by atoms with Crippen LogP contribution in [0.4, 0.5) is 0 Å². The summed E-state index contributed by atoms with van der Waals surface area (Å²) in [7, 11) is 0. The molecule has 0 spiro atoms. The van der Waals surface area contributed by atoms with E-state index in [0.717, 1.165) is 19.3 Å². The Hall–Kier alpha value is -1.06. The molecule has 0 radical (unpaired) electrons. The first kappa shape index (κ1) is 17.0. The smallest absolute Gasteiger partial charge is 0.246 e. The molecule has 0 bridgehead atoms. The molecule has 1 rings (SSSR count). The largest absolute Gasteiger partial charge is 0.342 e. The van der Waals surface area contributed by atoms with Crippen LogP contribution in [0, 0.1) is 11.8 Å². The van der Waals surface area contributed by atoms with Gasteiger partial charge in [-0.2, -0.15) is 0 Å². The van der Waals surface area contributed by atoms with Gasteiger partial charge in [0.2, 0.25) is 11.8 Å². The van der Waals surface area contributed by atoms with Gasteiger partial charge in [0.25, 0.3) is 0 Å². The number of nitrogens with one attached hydrogen (secondary N) is 1. The number of piperazine rings is 1. The van der Waals surface area contributed by atoms with Crippen LogP contribution in [-0.2, 0) is 9.59 Å². The zero-order valence-corrected chi connectivity index (χ0v) is 13.8. The van der Waals surface area contributed by atoms with E-state index < -0.39 is 0 Å². The minimum absolute atomic E-state index is 0.00727. The maximum absolute atomic E-state index is 12.8. The van der Waals surface area contributed by atoms with Crippen LogP contribution < -0.4 is 5.32 Å². The SMILES string of the molecule is CCCC(CC)N1C(=O)C(C(C)C)NC(=O)C1C(C)C. The van der Waals surface area contributed by atoms with Crippen LogP contribution in [0.5, 0.6) is 0 Å². The number of carbonyl (C=O) groups excluding carboxylic acids is 2. The van der Waals surface area contributed by atoms with E-state index in [2.05, 4.69) is 19.2 Å². The van der Waals surface area contributed by atoms with E-state index in [-0.39, 0.29) is 41.8 Å². The van der Waals surface area contributed by atoms with Crippen LogP contribution in [0.3, 0.4) is 0 Å². The van der Waals surface area contributed by atoms with Crippen LogP contribution in [0.1, 0.15) is 60.8 Å². The van der Waals surface area contributed by atoms with Crippen LogP contribution >= 0.6 is 0 Å². The fraction of sp³-hybridized carbons (Fsp3) is 0.875. The molecule has 3 unspecified atom stereocenters. The average Bonchev–Trinajstić information content (AvgIpc) is 2.37. The monoisotopic (exact) mass is 282 g/mol. The van der Waals surface area contributed by atoms with E-state index in [1.807, 2.05) is 32.6 Å². The molecule has 1 heterocycles. The number of amides is 2. The highest BCUT2D eigenvalue weighted by Crippen LogP contribution is 2.26. The zero-order valence-electron chi connectivity index (χ0n) is 13.8. The quantitative estimate of drug-likeness (QED) is 0.814. The van der Waals surface area contributed by atoms with E-state index in [0.29, 0.717) is 0 Å². The van der Waals surface area contributed by atoms with E-state index in [9.17, 15) is 9.59 Å². The fourth-order valence-electron chi connectivity index (χ4n) is 3.08. The van der Waals surface area contributed by atoms with Crippen molar-refractivity contribution in [3.63, 3.8) is 0 Å². The van der Waals surface area contributed by atoms with E-state index >= 15 is 0 Å². The van der Waals surface area contributed by atoms with Crippen molar-refractivity contribution in [3.05, 3.63) is 0 Å². The normalized spacial score (nSPS) is 25.3. The predicted octanol–water partition coefficient (Wildman–Crippen LogP) is 2.57. The lowest BCUT2D eigenvalue weighted by atomic mass is 9.90. The maximum atomic E-state index is 12.8. The molecule has 0 aromatic rings. The molecule has 0 aromatic carbocycles. The molecule has 3 atom stereocenters. The molecule has 2 amide bonds. The summed E-state index contributed by atoms with van der Waals surface area (Å²) in [6.07, 6.45) is 2.89. The standard InChI is InChI=1S/C16H30N2O2/c1-7-9-12(8-2)18-14(11(5)6)15(19)17-13(10(3)4)16(18)20/h10-14H,7-9H2,1-6H3,(H,17,19). The summed E-state index contributed by atoms with van der Waals surface area (Å²) in [6, 6.07) is -0.524. The maximum Gasteiger partial charge on any atom is 0.246 e. The highest BCUT2D eigenvalue weighted by molar-refractivity contribution is 5.97.